The van der Waals surface area contributed by atoms with Crippen molar-refractivity contribution in [1.82, 2.24) is 9.78 Å². The van der Waals surface area contributed by atoms with Crippen LogP contribution in [-0.4, -0.2) is 35.7 Å². The van der Waals surface area contributed by atoms with E-state index in [1.807, 2.05) is 0 Å². The molecule has 150 valence electrons. The standard InChI is InChI=1S/C20H18ClN3O4S/c1-27-15-6-4-14(5-7-15)24-20(26)10-9-19(23-24)29-12-18(25)22-13-3-8-17(28-2)16(21)11-13/h3-11H,12H2,1-2H3,(H,22,25). The molecule has 3 aromatic rings. The van der Waals surface area contributed by atoms with E-state index in [-0.39, 0.29) is 17.2 Å². The molecule has 0 fully saturated rings. The highest BCUT2D eigenvalue weighted by molar-refractivity contribution is 7.99. The van der Waals surface area contributed by atoms with E-state index in [4.69, 9.17) is 21.1 Å². The van der Waals surface area contributed by atoms with Crippen molar-refractivity contribution in [2.75, 3.05) is 25.3 Å². The summed E-state index contributed by atoms with van der Waals surface area (Å²) in [4.78, 5) is 24.4. The van der Waals surface area contributed by atoms with Gasteiger partial charge in [0.2, 0.25) is 5.91 Å². The first-order chi connectivity index (χ1) is 14.0. The highest BCUT2D eigenvalue weighted by Gasteiger charge is 2.09. The molecule has 1 N–H and O–H groups in total. The van der Waals surface area contributed by atoms with Gasteiger partial charge in [0.1, 0.15) is 16.5 Å². The average molecular weight is 432 g/mol. The number of anilines is 1. The molecule has 0 radical (unpaired) electrons. The average Bonchev–Trinajstić information content (AvgIpc) is 2.73. The third-order valence-corrected chi connectivity index (χ3v) is 5.09. The molecule has 0 aliphatic rings. The Hall–Kier alpha value is -2.97. The second-order valence-electron chi connectivity index (χ2n) is 5.81. The number of benzene rings is 2. The van der Waals surface area contributed by atoms with E-state index in [0.717, 1.165) is 0 Å². The Morgan fingerprint density at radius 1 is 1.10 bits per heavy atom. The Morgan fingerprint density at radius 3 is 2.52 bits per heavy atom. The molecule has 0 spiro atoms. The van der Waals surface area contributed by atoms with Gasteiger partial charge in [0.05, 0.1) is 30.7 Å². The summed E-state index contributed by atoms with van der Waals surface area (Å²) in [5, 5.41) is 8.04. The molecule has 0 atom stereocenters. The van der Waals surface area contributed by atoms with Crippen LogP contribution >= 0.6 is 23.4 Å². The molecule has 0 saturated heterocycles. The van der Waals surface area contributed by atoms with Gasteiger partial charge >= 0.3 is 0 Å². The van der Waals surface area contributed by atoms with E-state index in [1.54, 1.807) is 55.6 Å². The van der Waals surface area contributed by atoms with Crippen LogP contribution in [0.5, 0.6) is 11.5 Å². The van der Waals surface area contributed by atoms with Crippen molar-refractivity contribution in [2.24, 2.45) is 0 Å². The molecular weight excluding hydrogens is 414 g/mol. The molecule has 0 aliphatic heterocycles. The Labute approximate surface area is 176 Å². The van der Waals surface area contributed by atoms with Crippen LogP contribution in [0.15, 0.2) is 64.4 Å². The number of nitrogens with one attached hydrogen (secondary N) is 1. The van der Waals surface area contributed by atoms with Gasteiger partial charge in [0.15, 0.2) is 0 Å². The SMILES string of the molecule is COc1ccc(-n2nc(SCC(=O)Nc3ccc(OC)c(Cl)c3)ccc2=O)cc1. The van der Waals surface area contributed by atoms with Crippen molar-refractivity contribution >= 4 is 35.0 Å². The lowest BCUT2D eigenvalue weighted by atomic mass is 10.3. The predicted octanol–water partition coefficient (Wildman–Crippen LogP) is 3.63. The minimum Gasteiger partial charge on any atom is -0.497 e. The van der Waals surface area contributed by atoms with Crippen LogP contribution in [0.1, 0.15) is 0 Å². The summed E-state index contributed by atoms with van der Waals surface area (Å²) in [5.74, 6) is 1.11. The molecule has 9 heteroatoms. The Balaban J connectivity index is 1.66. The van der Waals surface area contributed by atoms with Crippen LogP contribution in [0, 0.1) is 0 Å². The number of aromatic nitrogens is 2. The van der Waals surface area contributed by atoms with Crippen LogP contribution in [0.2, 0.25) is 5.02 Å². The van der Waals surface area contributed by atoms with Gasteiger partial charge in [-0.15, -0.1) is 0 Å². The van der Waals surface area contributed by atoms with Gasteiger partial charge in [-0.3, -0.25) is 9.59 Å². The Bertz CT molecular complexity index is 1070. The maximum Gasteiger partial charge on any atom is 0.271 e. The van der Waals surface area contributed by atoms with Gasteiger partial charge in [-0.05, 0) is 48.5 Å². The predicted molar refractivity (Wildman–Crippen MR) is 114 cm³/mol. The molecule has 0 unspecified atom stereocenters. The first-order valence-corrected chi connectivity index (χ1v) is 9.87. The van der Waals surface area contributed by atoms with Crippen LogP contribution in [0.25, 0.3) is 5.69 Å². The molecule has 1 amide bonds. The van der Waals surface area contributed by atoms with Gasteiger partial charge in [-0.25, -0.2) is 0 Å². The van der Waals surface area contributed by atoms with Crippen LogP contribution in [-0.2, 0) is 4.79 Å². The summed E-state index contributed by atoms with van der Waals surface area (Å²) < 4.78 is 11.5. The summed E-state index contributed by atoms with van der Waals surface area (Å²) in [6.45, 7) is 0. The van der Waals surface area contributed by atoms with E-state index in [9.17, 15) is 9.59 Å². The monoisotopic (exact) mass is 431 g/mol. The van der Waals surface area contributed by atoms with Crippen molar-refractivity contribution in [3.8, 4) is 17.2 Å². The van der Waals surface area contributed by atoms with E-state index >= 15 is 0 Å². The molecule has 29 heavy (non-hydrogen) atoms. The first kappa shape index (κ1) is 20.8. The number of nitrogens with zero attached hydrogens (tertiary/aromatic N) is 2. The third-order valence-electron chi connectivity index (χ3n) is 3.88. The number of ether oxygens (including phenoxy) is 2. The number of carbonyl (C=O) groups excluding carboxylic acids is 1. The van der Waals surface area contributed by atoms with Gasteiger partial charge in [0.25, 0.3) is 5.56 Å². The number of halogens is 1. The maximum absolute atomic E-state index is 12.2. The fourth-order valence-corrected chi connectivity index (χ4v) is 3.37. The number of thioether (sulfide) groups is 1. The number of carbonyl (C=O) groups is 1. The maximum atomic E-state index is 12.2. The summed E-state index contributed by atoms with van der Waals surface area (Å²) >= 11 is 7.28. The Kier molecular flexibility index (Phi) is 6.79. The van der Waals surface area contributed by atoms with Crippen molar-refractivity contribution in [3.05, 3.63) is 70.0 Å². The largest absolute Gasteiger partial charge is 0.497 e. The normalized spacial score (nSPS) is 10.4. The molecule has 1 heterocycles. The number of hydrogen-bond donors (Lipinski definition) is 1. The fourth-order valence-electron chi connectivity index (χ4n) is 2.46. The van der Waals surface area contributed by atoms with Crippen molar-refractivity contribution in [2.45, 2.75) is 5.03 Å². The fraction of sp³-hybridized carbons (Fsp3) is 0.150. The van der Waals surface area contributed by atoms with E-state index in [0.29, 0.717) is 32.9 Å². The topological polar surface area (TPSA) is 82.5 Å². The molecular formula is C20H18ClN3O4S. The van der Waals surface area contributed by atoms with E-state index < -0.39 is 0 Å². The van der Waals surface area contributed by atoms with Crippen LogP contribution < -0.4 is 20.3 Å². The highest BCUT2D eigenvalue weighted by Crippen LogP contribution is 2.27. The summed E-state index contributed by atoms with van der Waals surface area (Å²) in [6, 6.07) is 15.0. The van der Waals surface area contributed by atoms with Crippen molar-refractivity contribution < 1.29 is 14.3 Å². The van der Waals surface area contributed by atoms with Gasteiger partial charge < -0.3 is 14.8 Å². The van der Waals surface area contributed by atoms with Gasteiger partial charge in [-0.1, -0.05) is 23.4 Å². The molecule has 0 saturated carbocycles. The summed E-state index contributed by atoms with van der Waals surface area (Å²) in [7, 11) is 3.09. The van der Waals surface area contributed by atoms with Gasteiger partial charge in [-0.2, -0.15) is 9.78 Å². The second kappa shape index (κ2) is 9.49. The third kappa shape index (κ3) is 5.30. The zero-order chi connectivity index (χ0) is 20.8. The lowest BCUT2D eigenvalue weighted by Crippen LogP contribution is -2.20. The summed E-state index contributed by atoms with van der Waals surface area (Å²) in [6.07, 6.45) is 0. The van der Waals surface area contributed by atoms with Crippen molar-refractivity contribution in [1.29, 1.82) is 0 Å². The molecule has 3 rings (SSSR count). The van der Waals surface area contributed by atoms with Gasteiger partial charge in [0, 0.05) is 11.8 Å². The number of amides is 1. The molecule has 0 aliphatic carbocycles. The smallest absolute Gasteiger partial charge is 0.271 e. The van der Waals surface area contributed by atoms with E-state index in [1.165, 1.54) is 29.6 Å². The molecule has 0 bridgehead atoms. The lowest BCUT2D eigenvalue weighted by Gasteiger charge is -2.09. The minimum absolute atomic E-state index is 0.122. The molecule has 7 nitrogen and oxygen atoms in total. The van der Waals surface area contributed by atoms with Crippen LogP contribution in [0.4, 0.5) is 5.69 Å². The number of hydrogen-bond acceptors (Lipinski definition) is 6. The Morgan fingerprint density at radius 2 is 1.86 bits per heavy atom. The summed E-state index contributed by atoms with van der Waals surface area (Å²) in [5.41, 5.74) is 0.907. The zero-order valence-corrected chi connectivity index (χ0v) is 17.3. The highest BCUT2D eigenvalue weighted by atomic mass is 35.5. The first-order valence-electron chi connectivity index (χ1n) is 8.51. The quantitative estimate of drug-likeness (QED) is 0.575. The van der Waals surface area contributed by atoms with Crippen LogP contribution in [0.3, 0.4) is 0 Å². The number of rotatable bonds is 7. The van der Waals surface area contributed by atoms with E-state index in [2.05, 4.69) is 10.4 Å². The minimum atomic E-state index is -0.267. The lowest BCUT2D eigenvalue weighted by molar-refractivity contribution is -0.113. The number of methoxy groups -OCH3 is 2. The zero-order valence-electron chi connectivity index (χ0n) is 15.7. The second-order valence-corrected chi connectivity index (χ2v) is 7.21. The molecule has 1 aromatic heterocycles. The molecule has 2 aromatic carbocycles. The van der Waals surface area contributed by atoms with Crippen molar-refractivity contribution in [3.63, 3.8) is 0 Å².